The maximum atomic E-state index is 12.6. The van der Waals surface area contributed by atoms with Crippen LogP contribution in [0.3, 0.4) is 0 Å². The Kier molecular flexibility index (Phi) is 5.32. The summed E-state index contributed by atoms with van der Waals surface area (Å²) in [5.41, 5.74) is -0.307. The van der Waals surface area contributed by atoms with Gasteiger partial charge in [0.05, 0.1) is 6.61 Å². The van der Waals surface area contributed by atoms with E-state index in [-0.39, 0.29) is 41.7 Å². The summed E-state index contributed by atoms with van der Waals surface area (Å²) in [4.78, 5) is 11.0. The molecule has 20 heavy (non-hydrogen) atoms. The zero-order chi connectivity index (χ0) is 15.5. The number of sulfonamides is 1. The molecule has 0 radical (unpaired) electrons. The largest absolute Gasteiger partial charge is 0.478 e. The average Bonchev–Trinajstić information content (AvgIpc) is 2.65. The number of aromatic carboxylic acids is 1. The maximum Gasteiger partial charge on any atom is 0.340 e. The van der Waals surface area contributed by atoms with Crippen LogP contribution in [0.1, 0.15) is 28.8 Å². The Morgan fingerprint density at radius 3 is 2.40 bits per heavy atom. The molecule has 0 unspecified atom stereocenters. The number of aryl methyl sites for hydroxylation is 2. The van der Waals surface area contributed by atoms with Gasteiger partial charge in [0, 0.05) is 20.2 Å². The molecule has 0 spiro atoms. The fraction of sp³-hybridized carbons (Fsp3) is 0.583. The van der Waals surface area contributed by atoms with Crippen LogP contribution in [0.4, 0.5) is 0 Å². The van der Waals surface area contributed by atoms with Crippen LogP contribution in [-0.2, 0) is 14.8 Å². The fourth-order valence-corrected chi connectivity index (χ4v) is 3.80. The van der Waals surface area contributed by atoms with E-state index >= 15 is 0 Å². The lowest BCUT2D eigenvalue weighted by atomic mass is 10.2. The van der Waals surface area contributed by atoms with E-state index in [9.17, 15) is 18.3 Å². The van der Waals surface area contributed by atoms with Crippen LogP contribution in [0.2, 0.25) is 0 Å². The number of rotatable bonds is 7. The second-order valence-corrected chi connectivity index (χ2v) is 6.09. The van der Waals surface area contributed by atoms with Crippen molar-refractivity contribution in [1.82, 2.24) is 4.31 Å². The molecule has 114 valence electrons. The Balaban J connectivity index is 3.38. The van der Waals surface area contributed by atoms with Crippen molar-refractivity contribution in [2.24, 2.45) is 0 Å². The van der Waals surface area contributed by atoms with Crippen LogP contribution >= 0.6 is 0 Å². The van der Waals surface area contributed by atoms with E-state index in [0.717, 1.165) is 0 Å². The number of likely N-dealkylation sites (N-methyl/N-ethyl adjacent to an activating group) is 1. The smallest absolute Gasteiger partial charge is 0.340 e. The Morgan fingerprint density at radius 1 is 1.35 bits per heavy atom. The number of carboxylic acid groups (broad SMARTS) is 1. The van der Waals surface area contributed by atoms with E-state index in [0.29, 0.717) is 0 Å². The third kappa shape index (κ3) is 3.02. The summed E-state index contributed by atoms with van der Waals surface area (Å²) >= 11 is 0. The first-order valence-electron chi connectivity index (χ1n) is 6.09. The van der Waals surface area contributed by atoms with Crippen molar-refractivity contribution in [2.75, 3.05) is 26.8 Å². The zero-order valence-electron chi connectivity index (χ0n) is 12.0. The quantitative estimate of drug-likeness (QED) is 0.814. The normalized spacial score (nSPS) is 12.1. The summed E-state index contributed by atoms with van der Waals surface area (Å²) in [6.45, 7) is 5.14. The van der Waals surface area contributed by atoms with E-state index in [1.807, 2.05) is 0 Å². The van der Waals surface area contributed by atoms with Gasteiger partial charge < -0.3 is 14.3 Å². The van der Waals surface area contributed by atoms with Gasteiger partial charge in [-0.2, -0.15) is 4.31 Å². The standard InChI is InChI=1S/C12H19NO6S/c1-5-13(6-7-18-4)20(16,17)11-9(3)19-8(2)10(11)12(14)15/h5-7H2,1-4H3,(H,14,15). The predicted molar refractivity (Wildman–Crippen MR) is 71.5 cm³/mol. The Morgan fingerprint density at radius 2 is 1.95 bits per heavy atom. The first kappa shape index (κ1) is 16.7. The maximum absolute atomic E-state index is 12.6. The molecule has 0 atom stereocenters. The van der Waals surface area contributed by atoms with Crippen LogP contribution in [0.5, 0.6) is 0 Å². The lowest BCUT2D eigenvalue weighted by Gasteiger charge is -2.20. The molecule has 0 aromatic carbocycles. The van der Waals surface area contributed by atoms with Gasteiger partial charge in [0.2, 0.25) is 10.0 Å². The molecule has 1 N–H and O–H groups in total. The molecule has 0 fully saturated rings. The second kappa shape index (κ2) is 6.38. The number of carbonyl (C=O) groups is 1. The fourth-order valence-electron chi connectivity index (χ4n) is 1.99. The van der Waals surface area contributed by atoms with Crippen LogP contribution < -0.4 is 0 Å². The minimum absolute atomic E-state index is 0.0794. The van der Waals surface area contributed by atoms with E-state index in [1.165, 1.54) is 25.3 Å². The van der Waals surface area contributed by atoms with Gasteiger partial charge in [0.25, 0.3) is 0 Å². The van der Waals surface area contributed by atoms with Crippen molar-refractivity contribution in [3.05, 3.63) is 17.1 Å². The number of furan rings is 1. The molecule has 0 amide bonds. The zero-order valence-corrected chi connectivity index (χ0v) is 12.8. The lowest BCUT2D eigenvalue weighted by Crippen LogP contribution is -2.34. The van der Waals surface area contributed by atoms with Crippen molar-refractivity contribution in [1.29, 1.82) is 0 Å². The highest BCUT2D eigenvalue weighted by molar-refractivity contribution is 7.89. The highest BCUT2D eigenvalue weighted by Crippen LogP contribution is 2.29. The predicted octanol–water partition coefficient (Wildman–Crippen LogP) is 1.25. The first-order valence-corrected chi connectivity index (χ1v) is 7.53. The number of methoxy groups -OCH3 is 1. The molecule has 1 rings (SSSR count). The summed E-state index contributed by atoms with van der Waals surface area (Å²) in [7, 11) is -2.46. The molecule has 1 heterocycles. The third-order valence-corrected chi connectivity index (χ3v) is 5.04. The highest BCUT2D eigenvalue weighted by atomic mass is 32.2. The second-order valence-electron chi connectivity index (χ2n) is 4.21. The van der Waals surface area contributed by atoms with E-state index in [2.05, 4.69) is 0 Å². The van der Waals surface area contributed by atoms with Crippen LogP contribution in [-0.4, -0.2) is 50.6 Å². The molecule has 0 aliphatic carbocycles. The topological polar surface area (TPSA) is 97.0 Å². The van der Waals surface area contributed by atoms with E-state index < -0.39 is 16.0 Å². The SMILES string of the molecule is CCN(CCOC)S(=O)(=O)c1c(C)oc(C)c1C(=O)O. The van der Waals surface area contributed by atoms with Crippen molar-refractivity contribution >= 4 is 16.0 Å². The molecule has 1 aromatic heterocycles. The number of nitrogens with zero attached hydrogens (tertiary/aromatic N) is 1. The number of carboxylic acids is 1. The van der Waals surface area contributed by atoms with Gasteiger partial charge >= 0.3 is 5.97 Å². The Bertz CT molecular complexity index is 589. The molecule has 7 nitrogen and oxygen atoms in total. The van der Waals surface area contributed by atoms with Gasteiger partial charge in [0.1, 0.15) is 22.0 Å². The number of hydrogen-bond donors (Lipinski definition) is 1. The Labute approximate surface area is 118 Å². The monoisotopic (exact) mass is 305 g/mol. The minimum Gasteiger partial charge on any atom is -0.478 e. The summed E-state index contributed by atoms with van der Waals surface area (Å²) in [6.07, 6.45) is 0. The van der Waals surface area contributed by atoms with E-state index in [1.54, 1.807) is 6.92 Å². The molecule has 8 heteroatoms. The molecule has 0 bridgehead atoms. The summed E-state index contributed by atoms with van der Waals surface area (Å²) < 4.78 is 36.4. The van der Waals surface area contributed by atoms with Crippen molar-refractivity contribution < 1.29 is 27.5 Å². The molecule has 0 saturated heterocycles. The average molecular weight is 305 g/mol. The van der Waals surface area contributed by atoms with Gasteiger partial charge in [-0.05, 0) is 13.8 Å². The Hall–Kier alpha value is -1.38. The van der Waals surface area contributed by atoms with Gasteiger partial charge in [-0.1, -0.05) is 6.92 Å². The van der Waals surface area contributed by atoms with Gasteiger partial charge in [0.15, 0.2) is 0 Å². The van der Waals surface area contributed by atoms with Crippen molar-refractivity contribution in [3.8, 4) is 0 Å². The minimum atomic E-state index is -3.93. The molecule has 0 aliphatic rings. The molecular formula is C12H19NO6S. The third-order valence-electron chi connectivity index (χ3n) is 2.91. The first-order chi connectivity index (χ1) is 9.27. The molecule has 1 aromatic rings. The van der Waals surface area contributed by atoms with Gasteiger partial charge in [-0.25, -0.2) is 13.2 Å². The lowest BCUT2D eigenvalue weighted by molar-refractivity contribution is 0.0691. The van der Waals surface area contributed by atoms with Crippen molar-refractivity contribution in [2.45, 2.75) is 25.7 Å². The number of hydrogen-bond acceptors (Lipinski definition) is 5. The molecule has 0 saturated carbocycles. The van der Waals surface area contributed by atoms with Gasteiger partial charge in [-0.15, -0.1) is 0 Å². The van der Waals surface area contributed by atoms with Crippen LogP contribution in [0.15, 0.2) is 9.31 Å². The molecule has 0 aliphatic heterocycles. The number of ether oxygens (including phenoxy) is 1. The van der Waals surface area contributed by atoms with Crippen LogP contribution in [0.25, 0.3) is 0 Å². The molecular weight excluding hydrogens is 286 g/mol. The van der Waals surface area contributed by atoms with Crippen LogP contribution in [0, 0.1) is 13.8 Å². The summed E-state index contributed by atoms with van der Waals surface area (Å²) in [5.74, 6) is -1.16. The van der Waals surface area contributed by atoms with Crippen molar-refractivity contribution in [3.63, 3.8) is 0 Å². The highest BCUT2D eigenvalue weighted by Gasteiger charge is 2.34. The summed E-state index contributed by atoms with van der Waals surface area (Å²) in [6, 6.07) is 0. The summed E-state index contributed by atoms with van der Waals surface area (Å²) in [5, 5.41) is 9.19. The van der Waals surface area contributed by atoms with E-state index in [4.69, 9.17) is 9.15 Å². The van der Waals surface area contributed by atoms with Gasteiger partial charge in [-0.3, -0.25) is 0 Å².